The molecule has 0 saturated heterocycles. The number of anilines is 3. The quantitative estimate of drug-likeness (QED) is 0.523. The Morgan fingerprint density at radius 1 is 0.800 bits per heavy atom. The zero-order chi connectivity index (χ0) is 21.2. The predicted octanol–water partition coefficient (Wildman–Crippen LogP) is 4.00. The lowest BCUT2D eigenvalue weighted by Crippen LogP contribution is -2.23. The molecule has 0 aliphatic carbocycles. The maximum atomic E-state index is 12.0. The summed E-state index contributed by atoms with van der Waals surface area (Å²) in [5.74, 6) is -0.0735. The van der Waals surface area contributed by atoms with Crippen LogP contribution in [0.3, 0.4) is 0 Å². The normalized spacial score (nSPS) is 10.0. The highest BCUT2D eigenvalue weighted by Crippen LogP contribution is 2.23. The molecule has 0 fully saturated rings. The molecule has 1 amide bonds. The SMILES string of the molecule is COc1ccccc1NC(=O)COC(=O)COc1ccc(Nc2ccccc2)cc1. The number of amides is 1. The summed E-state index contributed by atoms with van der Waals surface area (Å²) in [6.07, 6.45) is 0. The third kappa shape index (κ3) is 6.27. The molecule has 0 aliphatic heterocycles. The summed E-state index contributed by atoms with van der Waals surface area (Å²) >= 11 is 0. The molecule has 3 aromatic carbocycles. The van der Waals surface area contributed by atoms with Gasteiger partial charge in [0.15, 0.2) is 13.2 Å². The number of benzene rings is 3. The van der Waals surface area contributed by atoms with Gasteiger partial charge in [0.25, 0.3) is 5.91 Å². The minimum atomic E-state index is -0.642. The molecule has 0 saturated carbocycles. The molecular formula is C23H22N2O5. The van der Waals surface area contributed by atoms with E-state index < -0.39 is 18.5 Å². The highest BCUT2D eigenvalue weighted by atomic mass is 16.6. The molecule has 7 heteroatoms. The number of ether oxygens (including phenoxy) is 3. The summed E-state index contributed by atoms with van der Waals surface area (Å²) in [4.78, 5) is 23.8. The topological polar surface area (TPSA) is 85.9 Å². The van der Waals surface area contributed by atoms with Crippen LogP contribution in [0.1, 0.15) is 0 Å². The number of hydrogen-bond acceptors (Lipinski definition) is 6. The molecule has 2 N–H and O–H groups in total. The zero-order valence-corrected chi connectivity index (χ0v) is 16.5. The number of nitrogens with one attached hydrogen (secondary N) is 2. The maximum Gasteiger partial charge on any atom is 0.344 e. The molecule has 0 atom stereocenters. The van der Waals surface area contributed by atoms with Gasteiger partial charge >= 0.3 is 5.97 Å². The largest absolute Gasteiger partial charge is 0.495 e. The van der Waals surface area contributed by atoms with Crippen LogP contribution in [0.4, 0.5) is 17.1 Å². The van der Waals surface area contributed by atoms with Gasteiger partial charge in [-0.05, 0) is 48.5 Å². The number of carbonyl (C=O) groups is 2. The summed E-state index contributed by atoms with van der Waals surface area (Å²) in [5, 5.41) is 5.88. The first-order valence-corrected chi connectivity index (χ1v) is 9.27. The Balaban J connectivity index is 1.40. The molecule has 0 aromatic heterocycles. The second-order valence-corrected chi connectivity index (χ2v) is 6.21. The molecular weight excluding hydrogens is 384 g/mol. The highest BCUT2D eigenvalue weighted by Gasteiger charge is 2.11. The summed E-state index contributed by atoms with van der Waals surface area (Å²) < 4.78 is 15.5. The Hall–Kier alpha value is -4.00. The molecule has 3 rings (SSSR count). The van der Waals surface area contributed by atoms with E-state index in [4.69, 9.17) is 14.2 Å². The van der Waals surface area contributed by atoms with Crippen molar-refractivity contribution in [2.75, 3.05) is 31.0 Å². The summed E-state index contributed by atoms with van der Waals surface area (Å²) in [6.45, 7) is -0.715. The Kier molecular flexibility index (Phi) is 7.27. The van der Waals surface area contributed by atoms with E-state index >= 15 is 0 Å². The van der Waals surface area contributed by atoms with Crippen LogP contribution in [0, 0.1) is 0 Å². The number of rotatable bonds is 9. The molecule has 30 heavy (non-hydrogen) atoms. The lowest BCUT2D eigenvalue weighted by molar-refractivity contribution is -0.149. The van der Waals surface area contributed by atoms with Crippen molar-refractivity contribution in [2.24, 2.45) is 0 Å². The van der Waals surface area contributed by atoms with E-state index in [1.54, 1.807) is 36.4 Å². The molecule has 0 heterocycles. The van der Waals surface area contributed by atoms with E-state index in [1.165, 1.54) is 7.11 Å². The average molecular weight is 406 g/mol. The summed E-state index contributed by atoms with van der Waals surface area (Å²) in [6, 6.07) is 23.9. The van der Waals surface area contributed by atoms with Crippen LogP contribution in [0.2, 0.25) is 0 Å². The van der Waals surface area contributed by atoms with Crippen molar-refractivity contribution in [3.8, 4) is 11.5 Å². The van der Waals surface area contributed by atoms with E-state index in [9.17, 15) is 9.59 Å². The maximum absolute atomic E-state index is 12.0. The van der Waals surface area contributed by atoms with Gasteiger partial charge in [-0.2, -0.15) is 0 Å². The molecule has 0 spiro atoms. The van der Waals surface area contributed by atoms with Crippen LogP contribution in [0.5, 0.6) is 11.5 Å². The summed E-state index contributed by atoms with van der Waals surface area (Å²) in [7, 11) is 1.51. The van der Waals surface area contributed by atoms with E-state index in [1.807, 2.05) is 42.5 Å². The van der Waals surface area contributed by atoms with Crippen molar-refractivity contribution in [1.29, 1.82) is 0 Å². The lowest BCUT2D eigenvalue weighted by Gasteiger charge is -2.11. The van der Waals surface area contributed by atoms with Gasteiger partial charge in [0.2, 0.25) is 0 Å². The van der Waals surface area contributed by atoms with Gasteiger partial charge in [0, 0.05) is 11.4 Å². The van der Waals surface area contributed by atoms with Gasteiger partial charge < -0.3 is 24.8 Å². The van der Waals surface area contributed by atoms with Crippen molar-refractivity contribution in [2.45, 2.75) is 0 Å². The van der Waals surface area contributed by atoms with Crippen LogP contribution in [-0.2, 0) is 14.3 Å². The lowest BCUT2D eigenvalue weighted by atomic mass is 10.2. The van der Waals surface area contributed by atoms with Gasteiger partial charge in [0.1, 0.15) is 11.5 Å². The first-order chi connectivity index (χ1) is 14.6. The van der Waals surface area contributed by atoms with Gasteiger partial charge in [0.05, 0.1) is 12.8 Å². The van der Waals surface area contributed by atoms with Crippen molar-refractivity contribution >= 4 is 28.9 Å². The van der Waals surface area contributed by atoms with Crippen LogP contribution < -0.4 is 20.1 Å². The molecule has 0 unspecified atom stereocenters. The second-order valence-electron chi connectivity index (χ2n) is 6.21. The molecule has 0 aliphatic rings. The van der Waals surface area contributed by atoms with Crippen LogP contribution in [-0.4, -0.2) is 32.2 Å². The van der Waals surface area contributed by atoms with E-state index in [-0.39, 0.29) is 6.61 Å². The monoisotopic (exact) mass is 406 g/mol. The Morgan fingerprint density at radius 2 is 1.47 bits per heavy atom. The number of para-hydroxylation sites is 3. The van der Waals surface area contributed by atoms with E-state index in [0.29, 0.717) is 17.2 Å². The van der Waals surface area contributed by atoms with Gasteiger partial charge in [-0.3, -0.25) is 4.79 Å². The number of methoxy groups -OCH3 is 1. The predicted molar refractivity (Wildman–Crippen MR) is 114 cm³/mol. The van der Waals surface area contributed by atoms with Gasteiger partial charge in [-0.1, -0.05) is 30.3 Å². The van der Waals surface area contributed by atoms with Crippen molar-refractivity contribution < 1.29 is 23.8 Å². The Morgan fingerprint density at radius 3 is 2.20 bits per heavy atom. The van der Waals surface area contributed by atoms with Crippen LogP contribution in [0.15, 0.2) is 78.9 Å². The van der Waals surface area contributed by atoms with Gasteiger partial charge in [-0.25, -0.2) is 4.79 Å². The molecule has 7 nitrogen and oxygen atoms in total. The zero-order valence-electron chi connectivity index (χ0n) is 16.5. The van der Waals surface area contributed by atoms with Gasteiger partial charge in [-0.15, -0.1) is 0 Å². The fourth-order valence-corrected chi connectivity index (χ4v) is 2.59. The second kappa shape index (κ2) is 10.5. The molecule has 154 valence electrons. The summed E-state index contributed by atoms with van der Waals surface area (Å²) in [5.41, 5.74) is 2.37. The third-order valence-corrected chi connectivity index (χ3v) is 4.02. The fourth-order valence-electron chi connectivity index (χ4n) is 2.59. The average Bonchev–Trinajstić information content (AvgIpc) is 2.78. The Bertz CT molecular complexity index is 974. The third-order valence-electron chi connectivity index (χ3n) is 4.02. The van der Waals surface area contributed by atoms with Crippen LogP contribution in [0.25, 0.3) is 0 Å². The van der Waals surface area contributed by atoms with Crippen molar-refractivity contribution in [1.82, 2.24) is 0 Å². The minimum Gasteiger partial charge on any atom is -0.495 e. The molecule has 0 bridgehead atoms. The van der Waals surface area contributed by atoms with Crippen molar-refractivity contribution in [3.05, 3.63) is 78.9 Å². The van der Waals surface area contributed by atoms with Crippen LogP contribution >= 0.6 is 0 Å². The number of carbonyl (C=O) groups excluding carboxylic acids is 2. The van der Waals surface area contributed by atoms with Crippen molar-refractivity contribution in [3.63, 3.8) is 0 Å². The number of hydrogen-bond donors (Lipinski definition) is 2. The standard InChI is InChI=1S/C23H22N2O5/c1-28-21-10-6-5-9-20(21)25-22(26)15-30-23(27)16-29-19-13-11-18(12-14-19)24-17-7-3-2-4-8-17/h2-14,24H,15-16H2,1H3,(H,25,26). The molecule has 3 aromatic rings. The van der Waals surface area contributed by atoms with E-state index in [2.05, 4.69) is 10.6 Å². The Labute approximate surface area is 174 Å². The first kappa shape index (κ1) is 20.7. The molecule has 0 radical (unpaired) electrons. The van der Waals surface area contributed by atoms with E-state index in [0.717, 1.165) is 11.4 Å². The smallest absolute Gasteiger partial charge is 0.344 e. The fraction of sp³-hybridized carbons (Fsp3) is 0.130. The minimum absolute atomic E-state index is 0.298. The first-order valence-electron chi connectivity index (χ1n) is 9.27. The highest BCUT2D eigenvalue weighted by molar-refractivity contribution is 5.94. The number of esters is 1.